The highest BCUT2D eigenvalue weighted by Crippen LogP contribution is 2.11. The number of carbonyl (C=O) groups excluding carboxylic acids is 1. The van der Waals surface area contributed by atoms with E-state index in [2.05, 4.69) is 5.32 Å². The standard InChI is InChI=1S/C14H15NO2S/c1-11(17-12-6-3-2-4-7-12)14(16)15-10-13-8-5-9-18-13/h2-9,11H,10H2,1H3,(H,15,16). The molecule has 0 aliphatic rings. The predicted octanol–water partition coefficient (Wildman–Crippen LogP) is 2.83. The van der Waals surface area contributed by atoms with E-state index in [1.807, 2.05) is 47.8 Å². The Morgan fingerprint density at radius 1 is 1.28 bits per heavy atom. The summed E-state index contributed by atoms with van der Waals surface area (Å²) in [6, 6.07) is 13.3. The fourth-order valence-corrected chi connectivity index (χ4v) is 2.13. The van der Waals surface area contributed by atoms with Crippen LogP contribution in [0.1, 0.15) is 11.8 Å². The molecule has 1 heterocycles. The lowest BCUT2D eigenvalue weighted by Crippen LogP contribution is -2.35. The maximum atomic E-state index is 11.8. The third-order valence-corrected chi connectivity index (χ3v) is 3.32. The van der Waals surface area contributed by atoms with Gasteiger partial charge in [0, 0.05) is 4.88 Å². The van der Waals surface area contributed by atoms with Gasteiger partial charge in [-0.1, -0.05) is 24.3 Å². The minimum atomic E-state index is -0.493. The average molecular weight is 261 g/mol. The molecule has 0 aliphatic carbocycles. The largest absolute Gasteiger partial charge is 0.481 e. The van der Waals surface area contributed by atoms with E-state index in [-0.39, 0.29) is 5.91 Å². The molecule has 1 unspecified atom stereocenters. The number of thiophene rings is 1. The molecule has 0 radical (unpaired) electrons. The smallest absolute Gasteiger partial charge is 0.261 e. The van der Waals surface area contributed by atoms with Crippen molar-refractivity contribution in [3.8, 4) is 5.75 Å². The van der Waals surface area contributed by atoms with Crippen LogP contribution in [0.4, 0.5) is 0 Å². The van der Waals surface area contributed by atoms with E-state index in [9.17, 15) is 4.79 Å². The number of carbonyl (C=O) groups is 1. The Hall–Kier alpha value is -1.81. The molecule has 1 N–H and O–H groups in total. The molecule has 0 fully saturated rings. The third kappa shape index (κ3) is 3.60. The predicted molar refractivity (Wildman–Crippen MR) is 72.7 cm³/mol. The Bertz CT molecular complexity index is 482. The van der Waals surface area contributed by atoms with E-state index in [0.717, 1.165) is 4.88 Å². The summed E-state index contributed by atoms with van der Waals surface area (Å²) in [5.74, 6) is 0.600. The Balaban J connectivity index is 1.82. The summed E-state index contributed by atoms with van der Waals surface area (Å²) in [5, 5.41) is 4.84. The highest BCUT2D eigenvalue weighted by Gasteiger charge is 2.13. The zero-order chi connectivity index (χ0) is 12.8. The molecule has 1 aromatic heterocycles. The van der Waals surface area contributed by atoms with Crippen molar-refractivity contribution in [2.75, 3.05) is 0 Å². The second kappa shape index (κ2) is 6.21. The van der Waals surface area contributed by atoms with Crippen molar-refractivity contribution < 1.29 is 9.53 Å². The zero-order valence-corrected chi connectivity index (χ0v) is 10.9. The van der Waals surface area contributed by atoms with Crippen LogP contribution in [0.15, 0.2) is 47.8 Å². The quantitative estimate of drug-likeness (QED) is 0.898. The van der Waals surface area contributed by atoms with Crippen LogP contribution in [0.2, 0.25) is 0 Å². The van der Waals surface area contributed by atoms with Gasteiger partial charge in [-0.25, -0.2) is 0 Å². The fraction of sp³-hybridized carbons (Fsp3) is 0.214. The van der Waals surface area contributed by atoms with E-state index in [0.29, 0.717) is 12.3 Å². The monoisotopic (exact) mass is 261 g/mol. The van der Waals surface area contributed by atoms with Gasteiger partial charge in [0.1, 0.15) is 5.75 Å². The van der Waals surface area contributed by atoms with Crippen molar-refractivity contribution in [3.05, 3.63) is 52.7 Å². The number of para-hydroxylation sites is 1. The Kier molecular flexibility index (Phi) is 4.36. The summed E-state index contributed by atoms with van der Waals surface area (Å²) in [6.07, 6.45) is -0.493. The second-order valence-corrected chi connectivity index (χ2v) is 4.90. The molecule has 1 atom stereocenters. The Labute approximate surface area is 110 Å². The highest BCUT2D eigenvalue weighted by molar-refractivity contribution is 7.09. The summed E-state index contributed by atoms with van der Waals surface area (Å²) in [5.41, 5.74) is 0. The van der Waals surface area contributed by atoms with Gasteiger partial charge in [-0.15, -0.1) is 11.3 Å². The lowest BCUT2D eigenvalue weighted by atomic mass is 10.3. The van der Waals surface area contributed by atoms with E-state index < -0.39 is 6.10 Å². The number of nitrogens with one attached hydrogen (secondary N) is 1. The normalized spacial score (nSPS) is 11.8. The molecule has 2 rings (SSSR count). The van der Waals surface area contributed by atoms with Gasteiger partial charge < -0.3 is 10.1 Å². The molecule has 18 heavy (non-hydrogen) atoms. The van der Waals surface area contributed by atoms with Crippen molar-refractivity contribution in [2.45, 2.75) is 19.6 Å². The van der Waals surface area contributed by atoms with Gasteiger partial charge in [-0.2, -0.15) is 0 Å². The van der Waals surface area contributed by atoms with Crippen LogP contribution in [0, 0.1) is 0 Å². The van der Waals surface area contributed by atoms with Crippen LogP contribution < -0.4 is 10.1 Å². The first kappa shape index (κ1) is 12.6. The van der Waals surface area contributed by atoms with Gasteiger partial charge in [0.15, 0.2) is 6.10 Å². The molecule has 2 aromatic rings. The summed E-state index contributed by atoms with van der Waals surface area (Å²) in [4.78, 5) is 12.9. The third-order valence-electron chi connectivity index (χ3n) is 2.44. The second-order valence-electron chi connectivity index (χ2n) is 3.87. The first-order valence-corrected chi connectivity index (χ1v) is 6.65. The lowest BCUT2D eigenvalue weighted by Gasteiger charge is -2.14. The Morgan fingerprint density at radius 2 is 2.06 bits per heavy atom. The summed E-state index contributed by atoms with van der Waals surface area (Å²) >= 11 is 1.63. The molecule has 94 valence electrons. The van der Waals surface area contributed by atoms with Crippen LogP contribution in [-0.2, 0) is 11.3 Å². The molecule has 4 heteroatoms. The number of rotatable bonds is 5. The number of benzene rings is 1. The number of amides is 1. The first-order chi connectivity index (χ1) is 8.75. The van der Waals surface area contributed by atoms with Crippen LogP contribution in [0.3, 0.4) is 0 Å². The number of hydrogen-bond donors (Lipinski definition) is 1. The van der Waals surface area contributed by atoms with E-state index in [1.54, 1.807) is 18.3 Å². The average Bonchev–Trinajstić information content (AvgIpc) is 2.90. The molecule has 0 spiro atoms. The van der Waals surface area contributed by atoms with Gasteiger partial charge in [0.25, 0.3) is 5.91 Å². The summed E-state index contributed by atoms with van der Waals surface area (Å²) < 4.78 is 5.54. The molecule has 1 amide bonds. The van der Waals surface area contributed by atoms with Gasteiger partial charge in [-0.3, -0.25) is 4.79 Å². The van der Waals surface area contributed by atoms with Crippen LogP contribution in [0.5, 0.6) is 5.75 Å². The first-order valence-electron chi connectivity index (χ1n) is 5.77. The van der Waals surface area contributed by atoms with Crippen LogP contribution in [-0.4, -0.2) is 12.0 Å². The van der Waals surface area contributed by atoms with Crippen molar-refractivity contribution >= 4 is 17.2 Å². The zero-order valence-electron chi connectivity index (χ0n) is 10.1. The maximum Gasteiger partial charge on any atom is 0.261 e. The van der Waals surface area contributed by atoms with E-state index >= 15 is 0 Å². The molecular formula is C14H15NO2S. The van der Waals surface area contributed by atoms with Crippen molar-refractivity contribution in [3.63, 3.8) is 0 Å². The van der Waals surface area contributed by atoms with Crippen molar-refractivity contribution in [1.29, 1.82) is 0 Å². The SMILES string of the molecule is CC(Oc1ccccc1)C(=O)NCc1cccs1. The fourth-order valence-electron chi connectivity index (χ4n) is 1.49. The highest BCUT2D eigenvalue weighted by atomic mass is 32.1. The van der Waals surface area contributed by atoms with Crippen LogP contribution >= 0.6 is 11.3 Å². The van der Waals surface area contributed by atoms with Gasteiger partial charge >= 0.3 is 0 Å². The minimum Gasteiger partial charge on any atom is -0.481 e. The van der Waals surface area contributed by atoms with Crippen molar-refractivity contribution in [1.82, 2.24) is 5.32 Å². The van der Waals surface area contributed by atoms with Gasteiger partial charge in [-0.05, 0) is 30.5 Å². The maximum absolute atomic E-state index is 11.8. The molecule has 0 saturated heterocycles. The van der Waals surface area contributed by atoms with E-state index in [4.69, 9.17) is 4.74 Å². The molecule has 0 saturated carbocycles. The summed E-state index contributed by atoms with van der Waals surface area (Å²) in [7, 11) is 0. The lowest BCUT2D eigenvalue weighted by molar-refractivity contribution is -0.127. The molecule has 0 aliphatic heterocycles. The number of hydrogen-bond acceptors (Lipinski definition) is 3. The molecular weight excluding hydrogens is 246 g/mol. The topological polar surface area (TPSA) is 38.3 Å². The van der Waals surface area contributed by atoms with E-state index in [1.165, 1.54) is 0 Å². The van der Waals surface area contributed by atoms with Gasteiger partial charge in [0.05, 0.1) is 6.54 Å². The summed E-state index contributed by atoms with van der Waals surface area (Å²) in [6.45, 7) is 2.30. The Morgan fingerprint density at radius 3 is 2.72 bits per heavy atom. The molecule has 1 aromatic carbocycles. The van der Waals surface area contributed by atoms with Crippen molar-refractivity contribution in [2.24, 2.45) is 0 Å². The molecule has 0 bridgehead atoms. The van der Waals surface area contributed by atoms with Gasteiger partial charge in [0.2, 0.25) is 0 Å². The number of ether oxygens (including phenoxy) is 1. The van der Waals surface area contributed by atoms with Crippen LogP contribution in [0.25, 0.3) is 0 Å². The minimum absolute atomic E-state index is 0.104. The molecule has 3 nitrogen and oxygen atoms in total.